The summed E-state index contributed by atoms with van der Waals surface area (Å²) < 4.78 is 0. The molecule has 2 rings (SSSR count). The van der Waals surface area contributed by atoms with Crippen molar-refractivity contribution in [1.82, 2.24) is 15.2 Å². The van der Waals surface area contributed by atoms with Gasteiger partial charge in [-0.15, -0.1) is 11.3 Å². The molecule has 0 saturated heterocycles. The molecular formula is C8H9N5OS. The maximum Gasteiger partial charge on any atom is 0.277 e. The number of aryl methyl sites for hydroxylation is 1. The molecule has 0 atom stereocenters. The van der Waals surface area contributed by atoms with E-state index in [1.807, 2.05) is 6.92 Å². The van der Waals surface area contributed by atoms with Crippen LogP contribution in [0.2, 0.25) is 0 Å². The van der Waals surface area contributed by atoms with Gasteiger partial charge >= 0.3 is 0 Å². The number of hydrogen-bond donors (Lipinski definition) is 3. The fourth-order valence-corrected chi connectivity index (χ4v) is 1.71. The smallest absolute Gasteiger partial charge is 0.277 e. The largest absolute Gasteiger partial charge is 0.396 e. The summed E-state index contributed by atoms with van der Waals surface area (Å²) in [5.74, 6) is -0.334. The maximum atomic E-state index is 11.6. The minimum Gasteiger partial charge on any atom is -0.396 e. The van der Waals surface area contributed by atoms with Crippen molar-refractivity contribution >= 4 is 28.1 Å². The Kier molecular flexibility index (Phi) is 2.38. The van der Waals surface area contributed by atoms with Crippen LogP contribution in [0.15, 0.2) is 12.4 Å². The lowest BCUT2D eigenvalue weighted by Crippen LogP contribution is -2.13. The molecule has 0 fully saturated rings. The molecule has 2 aromatic heterocycles. The summed E-state index contributed by atoms with van der Waals surface area (Å²) in [6.07, 6.45) is 3.08. The standard InChI is InChI=1S/C8H9N5OS/c1-4-2-10-8(15-4)12-7(14)6-5(9)3-11-13-6/h2-3H,9H2,1H3,(H,11,13)(H,10,12,14). The monoisotopic (exact) mass is 223 g/mol. The number of nitrogen functional groups attached to an aromatic ring is 1. The Morgan fingerprint density at radius 2 is 2.40 bits per heavy atom. The Bertz CT molecular complexity index is 489. The number of H-pyrrole nitrogens is 1. The third-order valence-electron chi connectivity index (χ3n) is 1.74. The summed E-state index contributed by atoms with van der Waals surface area (Å²) in [5.41, 5.74) is 6.10. The van der Waals surface area contributed by atoms with Gasteiger partial charge in [0.2, 0.25) is 0 Å². The molecule has 7 heteroatoms. The number of rotatable bonds is 2. The molecule has 6 nitrogen and oxygen atoms in total. The number of carbonyl (C=O) groups is 1. The average Bonchev–Trinajstić information content (AvgIpc) is 2.75. The van der Waals surface area contributed by atoms with Gasteiger partial charge in [-0.1, -0.05) is 0 Å². The minimum absolute atomic E-state index is 0.253. The highest BCUT2D eigenvalue weighted by Crippen LogP contribution is 2.18. The van der Waals surface area contributed by atoms with E-state index < -0.39 is 0 Å². The van der Waals surface area contributed by atoms with Crippen LogP contribution in [0.3, 0.4) is 0 Å². The predicted molar refractivity (Wildman–Crippen MR) is 57.8 cm³/mol. The normalized spacial score (nSPS) is 10.2. The van der Waals surface area contributed by atoms with Crippen LogP contribution in [0.1, 0.15) is 15.4 Å². The van der Waals surface area contributed by atoms with Gasteiger partial charge in [-0.2, -0.15) is 5.10 Å². The molecule has 0 aliphatic heterocycles. The van der Waals surface area contributed by atoms with Gasteiger partial charge in [0.15, 0.2) is 5.13 Å². The Morgan fingerprint density at radius 1 is 1.60 bits per heavy atom. The topological polar surface area (TPSA) is 96.7 Å². The van der Waals surface area contributed by atoms with Crippen LogP contribution in [0.4, 0.5) is 10.8 Å². The third-order valence-corrected chi connectivity index (χ3v) is 2.57. The third kappa shape index (κ3) is 1.96. The highest BCUT2D eigenvalue weighted by atomic mass is 32.1. The van der Waals surface area contributed by atoms with Crippen LogP contribution in [0.5, 0.6) is 0 Å². The molecule has 0 spiro atoms. The van der Waals surface area contributed by atoms with Crippen molar-refractivity contribution in [3.05, 3.63) is 23.0 Å². The van der Waals surface area contributed by atoms with Crippen LogP contribution >= 0.6 is 11.3 Å². The summed E-state index contributed by atoms with van der Waals surface area (Å²) >= 11 is 1.40. The van der Waals surface area contributed by atoms with Crippen LogP contribution in [-0.2, 0) is 0 Å². The van der Waals surface area contributed by atoms with Crippen molar-refractivity contribution < 1.29 is 4.79 Å². The van der Waals surface area contributed by atoms with Gasteiger partial charge in [-0.05, 0) is 6.92 Å². The summed E-state index contributed by atoms with van der Waals surface area (Å²) in [6, 6.07) is 0. The van der Waals surface area contributed by atoms with E-state index in [0.717, 1.165) is 4.88 Å². The molecule has 0 aliphatic carbocycles. The summed E-state index contributed by atoms with van der Waals surface area (Å²) in [6.45, 7) is 1.91. The van der Waals surface area contributed by atoms with Crippen molar-refractivity contribution in [2.45, 2.75) is 6.92 Å². The van der Waals surface area contributed by atoms with Gasteiger partial charge in [0, 0.05) is 11.1 Å². The van der Waals surface area contributed by atoms with E-state index in [9.17, 15) is 4.79 Å². The van der Waals surface area contributed by atoms with E-state index in [2.05, 4.69) is 20.5 Å². The minimum atomic E-state index is -0.334. The SMILES string of the molecule is Cc1cnc(NC(=O)c2[nH]ncc2N)s1. The maximum absolute atomic E-state index is 11.6. The van der Waals surface area contributed by atoms with Gasteiger partial charge in [0.25, 0.3) is 5.91 Å². The fourth-order valence-electron chi connectivity index (χ4n) is 1.05. The van der Waals surface area contributed by atoms with Crippen molar-refractivity contribution in [3.8, 4) is 0 Å². The molecule has 0 unspecified atom stereocenters. The number of nitrogens with two attached hydrogens (primary N) is 1. The molecule has 4 N–H and O–H groups in total. The zero-order valence-electron chi connectivity index (χ0n) is 7.94. The first-order chi connectivity index (χ1) is 7.16. The van der Waals surface area contributed by atoms with Gasteiger partial charge in [-0.3, -0.25) is 15.2 Å². The van der Waals surface area contributed by atoms with Crippen LogP contribution in [0.25, 0.3) is 0 Å². The number of aromatic nitrogens is 3. The molecule has 0 saturated carbocycles. The quantitative estimate of drug-likeness (QED) is 0.707. The first-order valence-electron chi connectivity index (χ1n) is 4.19. The molecule has 0 aliphatic rings. The van der Waals surface area contributed by atoms with Crippen LogP contribution in [0, 0.1) is 6.92 Å². The molecule has 1 amide bonds. The zero-order valence-corrected chi connectivity index (χ0v) is 8.76. The molecule has 2 heterocycles. The van der Waals surface area contributed by atoms with Crippen molar-refractivity contribution in [2.24, 2.45) is 0 Å². The molecule has 15 heavy (non-hydrogen) atoms. The molecule has 2 aromatic rings. The van der Waals surface area contributed by atoms with Crippen molar-refractivity contribution in [1.29, 1.82) is 0 Å². The Labute approximate surface area is 89.5 Å². The number of nitrogens with one attached hydrogen (secondary N) is 2. The molecule has 0 aromatic carbocycles. The second-order valence-electron chi connectivity index (χ2n) is 2.93. The zero-order chi connectivity index (χ0) is 10.8. The number of amides is 1. The van der Waals surface area contributed by atoms with E-state index in [-0.39, 0.29) is 11.6 Å². The average molecular weight is 223 g/mol. The summed E-state index contributed by atoms with van der Waals surface area (Å²) in [4.78, 5) is 16.6. The predicted octanol–water partition coefficient (Wildman–Crippen LogP) is 1.01. The summed E-state index contributed by atoms with van der Waals surface area (Å²) in [7, 11) is 0. The second kappa shape index (κ2) is 3.70. The van der Waals surface area contributed by atoms with E-state index >= 15 is 0 Å². The molecule has 0 bridgehead atoms. The van der Waals surface area contributed by atoms with E-state index in [4.69, 9.17) is 5.73 Å². The lowest BCUT2D eigenvalue weighted by atomic mass is 10.3. The number of anilines is 2. The Balaban J connectivity index is 2.14. The highest BCUT2D eigenvalue weighted by molar-refractivity contribution is 7.15. The number of nitrogens with zero attached hydrogens (tertiary/aromatic N) is 2. The van der Waals surface area contributed by atoms with Crippen LogP contribution in [-0.4, -0.2) is 21.1 Å². The van der Waals surface area contributed by atoms with Crippen molar-refractivity contribution in [3.63, 3.8) is 0 Å². The number of carbonyl (C=O) groups excluding carboxylic acids is 1. The second-order valence-corrected chi connectivity index (χ2v) is 4.17. The van der Waals surface area contributed by atoms with Crippen molar-refractivity contribution in [2.75, 3.05) is 11.1 Å². The van der Waals surface area contributed by atoms with E-state index in [1.165, 1.54) is 17.5 Å². The first kappa shape index (κ1) is 9.66. The van der Waals surface area contributed by atoms with Gasteiger partial charge < -0.3 is 5.73 Å². The molecule has 78 valence electrons. The number of aromatic amines is 1. The Hall–Kier alpha value is -1.89. The lowest BCUT2D eigenvalue weighted by Gasteiger charge is -1.98. The van der Waals surface area contributed by atoms with E-state index in [1.54, 1.807) is 6.20 Å². The molecule has 0 radical (unpaired) electrons. The van der Waals surface area contributed by atoms with Gasteiger partial charge in [0.05, 0.1) is 11.9 Å². The number of thiazole rings is 1. The van der Waals surface area contributed by atoms with Gasteiger partial charge in [0.1, 0.15) is 5.69 Å². The van der Waals surface area contributed by atoms with E-state index in [0.29, 0.717) is 10.8 Å². The van der Waals surface area contributed by atoms with Crippen LogP contribution < -0.4 is 11.1 Å². The Morgan fingerprint density at radius 3 is 2.93 bits per heavy atom. The highest BCUT2D eigenvalue weighted by Gasteiger charge is 2.12. The number of hydrogen-bond acceptors (Lipinski definition) is 5. The van der Waals surface area contributed by atoms with Gasteiger partial charge in [-0.25, -0.2) is 4.98 Å². The molecular weight excluding hydrogens is 214 g/mol. The lowest BCUT2D eigenvalue weighted by molar-refractivity contribution is 0.102. The summed E-state index contributed by atoms with van der Waals surface area (Å²) in [5, 5.41) is 9.35. The fraction of sp³-hybridized carbons (Fsp3) is 0.125. The first-order valence-corrected chi connectivity index (χ1v) is 5.01.